The lowest BCUT2D eigenvalue weighted by molar-refractivity contribution is 0.133. The maximum absolute atomic E-state index is 5.99. The molecule has 1 aliphatic carbocycles. The predicted molar refractivity (Wildman–Crippen MR) is 62.6 cm³/mol. The van der Waals surface area contributed by atoms with E-state index in [1.165, 1.54) is 44.9 Å². The Balaban J connectivity index is 1.76. The zero-order valence-corrected chi connectivity index (χ0v) is 9.62. The molecule has 4 unspecified atom stereocenters. The van der Waals surface area contributed by atoms with E-state index in [4.69, 9.17) is 5.73 Å². The third-order valence-corrected chi connectivity index (χ3v) is 5.12. The van der Waals surface area contributed by atoms with Crippen LogP contribution in [0.1, 0.15) is 44.9 Å². The Morgan fingerprint density at radius 3 is 2.60 bits per heavy atom. The van der Waals surface area contributed by atoms with Gasteiger partial charge in [0.2, 0.25) is 0 Å². The summed E-state index contributed by atoms with van der Waals surface area (Å²) in [5.74, 6) is 2.73. The molecular formula is C13H24N2. The topological polar surface area (TPSA) is 38.0 Å². The first kappa shape index (κ1) is 10.1. The average Bonchev–Trinajstić information content (AvgIpc) is 2.89. The highest BCUT2D eigenvalue weighted by molar-refractivity contribution is 5.00. The van der Waals surface area contributed by atoms with Crippen LogP contribution in [-0.4, -0.2) is 18.6 Å². The van der Waals surface area contributed by atoms with E-state index in [2.05, 4.69) is 5.32 Å². The summed E-state index contributed by atoms with van der Waals surface area (Å²) in [4.78, 5) is 0. The van der Waals surface area contributed by atoms with Crippen molar-refractivity contribution in [3.63, 3.8) is 0 Å². The molecule has 2 bridgehead atoms. The second kappa shape index (κ2) is 4.06. The van der Waals surface area contributed by atoms with Gasteiger partial charge in [0.25, 0.3) is 0 Å². The van der Waals surface area contributed by atoms with Gasteiger partial charge in [-0.2, -0.15) is 0 Å². The molecule has 2 aliphatic heterocycles. The van der Waals surface area contributed by atoms with Crippen molar-refractivity contribution in [1.29, 1.82) is 0 Å². The summed E-state index contributed by atoms with van der Waals surface area (Å²) in [5.41, 5.74) is 5.99. The van der Waals surface area contributed by atoms with Crippen molar-refractivity contribution in [3.8, 4) is 0 Å². The quantitative estimate of drug-likeness (QED) is 0.727. The van der Waals surface area contributed by atoms with Crippen molar-refractivity contribution in [1.82, 2.24) is 5.32 Å². The molecule has 1 saturated carbocycles. The van der Waals surface area contributed by atoms with Crippen molar-refractivity contribution >= 4 is 0 Å². The minimum absolute atomic E-state index is 0.807. The fraction of sp³-hybridized carbons (Fsp3) is 1.00. The molecule has 0 aromatic heterocycles. The van der Waals surface area contributed by atoms with E-state index in [-0.39, 0.29) is 0 Å². The molecule has 0 amide bonds. The standard InChI is InChI=1S/C13H24N2/c14-8-10-7-11-5-6-12(15-11)13(10)9-3-1-2-4-9/h9-13,15H,1-8,14H2. The molecule has 4 atom stereocenters. The van der Waals surface area contributed by atoms with Gasteiger partial charge >= 0.3 is 0 Å². The number of hydrogen-bond donors (Lipinski definition) is 2. The number of hydrogen-bond acceptors (Lipinski definition) is 2. The summed E-state index contributed by atoms with van der Waals surface area (Å²) in [6.45, 7) is 0.926. The molecule has 2 saturated heterocycles. The molecule has 3 aliphatic rings. The lowest BCUT2D eigenvalue weighted by Gasteiger charge is -2.40. The summed E-state index contributed by atoms with van der Waals surface area (Å²) >= 11 is 0. The average molecular weight is 208 g/mol. The van der Waals surface area contributed by atoms with E-state index in [0.717, 1.165) is 36.4 Å². The first-order valence-electron chi connectivity index (χ1n) is 6.84. The Bertz CT molecular complexity index is 221. The Morgan fingerprint density at radius 2 is 1.87 bits per heavy atom. The largest absolute Gasteiger partial charge is 0.330 e. The van der Waals surface area contributed by atoms with E-state index < -0.39 is 0 Å². The van der Waals surface area contributed by atoms with Gasteiger partial charge in [-0.1, -0.05) is 25.7 Å². The third-order valence-electron chi connectivity index (χ3n) is 5.12. The minimum atomic E-state index is 0.807. The highest BCUT2D eigenvalue weighted by Gasteiger charge is 2.44. The Morgan fingerprint density at radius 1 is 1.07 bits per heavy atom. The first-order valence-corrected chi connectivity index (χ1v) is 6.84. The molecule has 86 valence electrons. The van der Waals surface area contributed by atoms with Crippen molar-refractivity contribution in [3.05, 3.63) is 0 Å². The van der Waals surface area contributed by atoms with Crippen LogP contribution in [0.25, 0.3) is 0 Å². The smallest absolute Gasteiger partial charge is 0.0104 e. The highest BCUT2D eigenvalue weighted by Crippen LogP contribution is 2.44. The number of rotatable bonds is 2. The van der Waals surface area contributed by atoms with Gasteiger partial charge in [-0.25, -0.2) is 0 Å². The molecule has 0 spiro atoms. The van der Waals surface area contributed by atoms with Gasteiger partial charge in [0.15, 0.2) is 0 Å². The van der Waals surface area contributed by atoms with Crippen LogP contribution >= 0.6 is 0 Å². The molecule has 2 heterocycles. The van der Waals surface area contributed by atoms with E-state index in [0.29, 0.717) is 0 Å². The van der Waals surface area contributed by atoms with Gasteiger partial charge in [0.05, 0.1) is 0 Å². The SMILES string of the molecule is NCC1CC2CCC(N2)C1C1CCCC1. The summed E-state index contributed by atoms with van der Waals surface area (Å²) in [6, 6.07) is 1.63. The van der Waals surface area contributed by atoms with Gasteiger partial charge < -0.3 is 11.1 Å². The summed E-state index contributed by atoms with van der Waals surface area (Å²) < 4.78 is 0. The molecule has 3 fully saturated rings. The van der Waals surface area contributed by atoms with Crippen LogP contribution in [0.2, 0.25) is 0 Å². The summed E-state index contributed by atoms with van der Waals surface area (Å²) in [7, 11) is 0. The molecule has 0 radical (unpaired) electrons. The van der Waals surface area contributed by atoms with E-state index >= 15 is 0 Å². The molecule has 0 aromatic carbocycles. The normalized spacial score (nSPS) is 46.2. The summed E-state index contributed by atoms with van der Waals surface area (Å²) in [5, 5.41) is 3.83. The fourth-order valence-electron chi connectivity index (χ4n) is 4.50. The Kier molecular flexibility index (Phi) is 2.73. The third kappa shape index (κ3) is 1.72. The first-order chi connectivity index (χ1) is 7.38. The monoisotopic (exact) mass is 208 g/mol. The molecule has 0 aromatic rings. The molecular weight excluding hydrogens is 184 g/mol. The van der Waals surface area contributed by atoms with Crippen LogP contribution in [0.4, 0.5) is 0 Å². The predicted octanol–water partition coefficient (Wildman–Crippen LogP) is 1.89. The van der Waals surface area contributed by atoms with Gasteiger partial charge in [-0.15, -0.1) is 0 Å². The van der Waals surface area contributed by atoms with Gasteiger partial charge in [0, 0.05) is 12.1 Å². The molecule has 15 heavy (non-hydrogen) atoms. The van der Waals surface area contributed by atoms with Crippen LogP contribution in [0.5, 0.6) is 0 Å². The zero-order chi connectivity index (χ0) is 10.3. The van der Waals surface area contributed by atoms with Crippen molar-refractivity contribution in [2.75, 3.05) is 6.54 Å². The van der Waals surface area contributed by atoms with Gasteiger partial charge in [-0.3, -0.25) is 0 Å². The number of piperidine rings is 1. The molecule has 3 rings (SSSR count). The second-order valence-electron chi connectivity index (χ2n) is 5.90. The maximum Gasteiger partial charge on any atom is 0.0104 e. The van der Waals surface area contributed by atoms with Gasteiger partial charge in [-0.05, 0) is 43.6 Å². The van der Waals surface area contributed by atoms with Crippen LogP contribution in [0.3, 0.4) is 0 Å². The molecule has 3 N–H and O–H groups in total. The molecule has 2 heteroatoms. The number of nitrogens with two attached hydrogens (primary N) is 1. The molecule has 2 nitrogen and oxygen atoms in total. The number of fused-ring (bicyclic) bond motifs is 2. The van der Waals surface area contributed by atoms with Crippen molar-refractivity contribution in [2.24, 2.45) is 23.5 Å². The van der Waals surface area contributed by atoms with E-state index in [9.17, 15) is 0 Å². The summed E-state index contributed by atoms with van der Waals surface area (Å²) in [6.07, 6.45) is 10.1. The van der Waals surface area contributed by atoms with Crippen molar-refractivity contribution < 1.29 is 0 Å². The van der Waals surface area contributed by atoms with Crippen LogP contribution < -0.4 is 11.1 Å². The zero-order valence-electron chi connectivity index (χ0n) is 9.62. The lowest BCUT2D eigenvalue weighted by atomic mass is 9.73. The lowest BCUT2D eigenvalue weighted by Crippen LogP contribution is -2.49. The van der Waals surface area contributed by atoms with Crippen molar-refractivity contribution in [2.45, 2.75) is 57.0 Å². The fourth-order valence-corrected chi connectivity index (χ4v) is 4.50. The Labute approximate surface area is 93.0 Å². The maximum atomic E-state index is 5.99. The highest BCUT2D eigenvalue weighted by atomic mass is 15.0. The van der Waals surface area contributed by atoms with Crippen LogP contribution in [-0.2, 0) is 0 Å². The Hall–Kier alpha value is -0.0800. The van der Waals surface area contributed by atoms with Gasteiger partial charge in [0.1, 0.15) is 0 Å². The van der Waals surface area contributed by atoms with E-state index in [1.54, 1.807) is 0 Å². The minimum Gasteiger partial charge on any atom is -0.330 e. The van der Waals surface area contributed by atoms with Crippen LogP contribution in [0, 0.1) is 17.8 Å². The van der Waals surface area contributed by atoms with E-state index in [1.807, 2.05) is 0 Å². The second-order valence-corrected chi connectivity index (χ2v) is 5.90. The van der Waals surface area contributed by atoms with Crippen LogP contribution in [0.15, 0.2) is 0 Å². The number of nitrogens with one attached hydrogen (secondary N) is 1.